The zero-order chi connectivity index (χ0) is 27.4. The molecule has 2 aliphatic rings. The van der Waals surface area contributed by atoms with Crippen LogP contribution in [-0.2, 0) is 5.41 Å². The van der Waals surface area contributed by atoms with E-state index < -0.39 is 5.41 Å². The van der Waals surface area contributed by atoms with Crippen molar-refractivity contribution in [2.24, 2.45) is 0 Å². The van der Waals surface area contributed by atoms with Crippen LogP contribution >= 0.6 is 0 Å². The molecule has 0 bridgehead atoms. The number of aromatic nitrogens is 1. The molecule has 0 aliphatic heterocycles. The molecule has 10 rings (SSSR count). The van der Waals surface area contributed by atoms with Crippen molar-refractivity contribution in [1.82, 2.24) is 4.57 Å². The van der Waals surface area contributed by atoms with Gasteiger partial charge in [-0.05, 0) is 79.5 Å². The molecular formula is C41H25N. The Morgan fingerprint density at radius 3 is 1.62 bits per heavy atom. The molecule has 1 atom stereocenters. The van der Waals surface area contributed by atoms with Crippen molar-refractivity contribution < 1.29 is 0 Å². The van der Waals surface area contributed by atoms with Crippen LogP contribution in [0.15, 0.2) is 152 Å². The third kappa shape index (κ3) is 2.56. The van der Waals surface area contributed by atoms with Crippen molar-refractivity contribution >= 4 is 32.6 Å². The Morgan fingerprint density at radius 1 is 0.381 bits per heavy atom. The molecule has 1 heteroatoms. The molecule has 2 aliphatic carbocycles. The summed E-state index contributed by atoms with van der Waals surface area (Å²) in [6.45, 7) is 0. The van der Waals surface area contributed by atoms with Gasteiger partial charge in [-0.25, -0.2) is 0 Å². The molecule has 1 heterocycles. The minimum Gasteiger partial charge on any atom is -0.309 e. The lowest BCUT2D eigenvalue weighted by Gasteiger charge is -2.40. The second kappa shape index (κ2) is 7.87. The van der Waals surface area contributed by atoms with Gasteiger partial charge in [0.15, 0.2) is 0 Å². The molecule has 1 nitrogen and oxygen atoms in total. The fraction of sp³-hybridized carbons (Fsp3) is 0.0244. The number of hydrogen-bond donors (Lipinski definition) is 0. The van der Waals surface area contributed by atoms with Gasteiger partial charge >= 0.3 is 0 Å². The number of hydrogen-bond acceptors (Lipinski definition) is 0. The van der Waals surface area contributed by atoms with Crippen LogP contribution in [0.25, 0.3) is 60.5 Å². The summed E-state index contributed by atoms with van der Waals surface area (Å²) in [6.07, 6.45) is 0. The third-order valence-electron chi connectivity index (χ3n) is 9.80. The highest BCUT2D eigenvalue weighted by atomic mass is 15.0. The van der Waals surface area contributed by atoms with Gasteiger partial charge in [0.1, 0.15) is 0 Å². The summed E-state index contributed by atoms with van der Waals surface area (Å²) < 4.78 is 2.45. The fourth-order valence-corrected chi connectivity index (χ4v) is 8.26. The van der Waals surface area contributed by atoms with Crippen molar-refractivity contribution in [2.45, 2.75) is 5.41 Å². The smallest absolute Gasteiger partial charge is 0.0726 e. The van der Waals surface area contributed by atoms with E-state index in [-0.39, 0.29) is 0 Å². The number of nitrogens with zero attached hydrogens (tertiary/aromatic N) is 1. The molecule has 0 radical (unpaired) electrons. The summed E-state index contributed by atoms with van der Waals surface area (Å²) in [5.74, 6) is 0. The maximum atomic E-state index is 2.48. The van der Waals surface area contributed by atoms with Crippen molar-refractivity contribution in [3.8, 4) is 27.9 Å². The van der Waals surface area contributed by atoms with Gasteiger partial charge in [-0.1, -0.05) is 127 Å². The summed E-state index contributed by atoms with van der Waals surface area (Å²) in [5.41, 5.74) is 14.0. The van der Waals surface area contributed by atoms with Crippen LogP contribution in [-0.4, -0.2) is 4.57 Å². The van der Waals surface area contributed by atoms with Gasteiger partial charge in [0.2, 0.25) is 0 Å². The lowest BCUT2D eigenvalue weighted by atomic mass is 9.61. The average Bonchev–Trinajstić information content (AvgIpc) is 3.54. The lowest BCUT2D eigenvalue weighted by molar-refractivity contribution is 0.772. The molecule has 0 saturated heterocycles. The molecule has 8 aromatic rings. The third-order valence-corrected chi connectivity index (χ3v) is 9.80. The minimum absolute atomic E-state index is 0.412. The lowest BCUT2D eigenvalue weighted by Crippen LogP contribution is -2.31. The zero-order valence-electron chi connectivity index (χ0n) is 22.9. The van der Waals surface area contributed by atoms with Gasteiger partial charge in [-0.2, -0.15) is 0 Å². The number of para-hydroxylation sites is 2. The molecule has 7 aromatic carbocycles. The van der Waals surface area contributed by atoms with Gasteiger partial charge in [0.05, 0.1) is 16.4 Å². The molecule has 0 fully saturated rings. The second-order valence-corrected chi connectivity index (χ2v) is 11.7. The molecule has 1 spiro atoms. The fourth-order valence-electron chi connectivity index (χ4n) is 8.26. The van der Waals surface area contributed by atoms with E-state index >= 15 is 0 Å². The monoisotopic (exact) mass is 531 g/mol. The van der Waals surface area contributed by atoms with E-state index in [0.29, 0.717) is 0 Å². The van der Waals surface area contributed by atoms with E-state index in [1.807, 2.05) is 0 Å². The molecule has 0 saturated carbocycles. The summed E-state index contributed by atoms with van der Waals surface area (Å²) >= 11 is 0. The van der Waals surface area contributed by atoms with Gasteiger partial charge in [0.25, 0.3) is 0 Å². The minimum atomic E-state index is -0.412. The largest absolute Gasteiger partial charge is 0.309 e. The SMILES string of the molecule is c1ccc2c(c1)-c1ccc(-n3c4ccccc4c4ccccc43)cc1C21c2ccccc2-c2cccc3cccc1c23. The molecule has 1 unspecified atom stereocenters. The van der Waals surface area contributed by atoms with Crippen molar-refractivity contribution in [1.29, 1.82) is 0 Å². The van der Waals surface area contributed by atoms with Crippen molar-refractivity contribution in [3.05, 3.63) is 174 Å². The Bertz CT molecular complexity index is 2360. The maximum absolute atomic E-state index is 2.48. The molecular weight excluding hydrogens is 506 g/mol. The maximum Gasteiger partial charge on any atom is 0.0726 e. The van der Waals surface area contributed by atoms with Crippen LogP contribution in [0.4, 0.5) is 0 Å². The van der Waals surface area contributed by atoms with Gasteiger partial charge < -0.3 is 4.57 Å². The van der Waals surface area contributed by atoms with E-state index in [1.54, 1.807) is 0 Å². The highest BCUT2D eigenvalue weighted by Crippen LogP contribution is 2.62. The van der Waals surface area contributed by atoms with Gasteiger partial charge in [-0.3, -0.25) is 0 Å². The molecule has 1 aromatic heterocycles. The number of benzene rings is 7. The highest BCUT2D eigenvalue weighted by Gasteiger charge is 2.50. The first-order valence-electron chi connectivity index (χ1n) is 14.7. The van der Waals surface area contributed by atoms with E-state index in [0.717, 1.165) is 0 Å². The first-order valence-corrected chi connectivity index (χ1v) is 14.7. The highest BCUT2D eigenvalue weighted by molar-refractivity contribution is 6.10. The second-order valence-electron chi connectivity index (χ2n) is 11.7. The quantitative estimate of drug-likeness (QED) is 0.199. The van der Waals surface area contributed by atoms with Gasteiger partial charge in [-0.15, -0.1) is 0 Å². The zero-order valence-corrected chi connectivity index (χ0v) is 22.9. The van der Waals surface area contributed by atoms with E-state index in [4.69, 9.17) is 0 Å². The van der Waals surface area contributed by atoms with Crippen molar-refractivity contribution in [2.75, 3.05) is 0 Å². The van der Waals surface area contributed by atoms with E-state index in [1.165, 1.54) is 82.8 Å². The summed E-state index contributed by atoms with van der Waals surface area (Å²) in [6, 6.07) is 56.5. The van der Waals surface area contributed by atoms with Gasteiger partial charge in [0, 0.05) is 16.5 Å². The topological polar surface area (TPSA) is 4.93 Å². The Labute approximate surface area is 243 Å². The average molecular weight is 532 g/mol. The van der Waals surface area contributed by atoms with E-state index in [9.17, 15) is 0 Å². The van der Waals surface area contributed by atoms with Crippen LogP contribution in [0.2, 0.25) is 0 Å². The first kappa shape index (κ1) is 22.3. The molecule has 0 amide bonds. The van der Waals surface area contributed by atoms with Crippen LogP contribution in [0.1, 0.15) is 22.3 Å². The number of fused-ring (bicyclic) bond motifs is 12. The van der Waals surface area contributed by atoms with Crippen molar-refractivity contribution in [3.63, 3.8) is 0 Å². The Morgan fingerprint density at radius 2 is 0.905 bits per heavy atom. The Kier molecular flexibility index (Phi) is 4.18. The standard InChI is InChI=1S/C41H25N/c1-5-18-34-28(13-1)30-24-23-27(42-38-21-7-3-15-31(38)32-16-4-8-22-39(32)42)25-37(30)41(34)35-19-6-2-14-29(35)33-17-9-11-26-12-10-20-36(41)40(26)33/h1-25H. The van der Waals surface area contributed by atoms with E-state index in [2.05, 4.69) is 156 Å². The summed E-state index contributed by atoms with van der Waals surface area (Å²) in [7, 11) is 0. The normalized spacial score (nSPS) is 16.2. The molecule has 42 heavy (non-hydrogen) atoms. The van der Waals surface area contributed by atoms with Crippen LogP contribution in [0, 0.1) is 0 Å². The predicted molar refractivity (Wildman–Crippen MR) is 175 cm³/mol. The summed E-state index contributed by atoms with van der Waals surface area (Å²) in [4.78, 5) is 0. The first-order chi connectivity index (χ1) is 20.9. The Balaban J connectivity index is 1.39. The van der Waals surface area contributed by atoms with Crippen LogP contribution in [0.5, 0.6) is 0 Å². The summed E-state index contributed by atoms with van der Waals surface area (Å²) in [5, 5.41) is 5.23. The Hall–Kier alpha value is -5.40. The predicted octanol–water partition coefficient (Wildman–Crippen LogP) is 10.3. The van der Waals surface area contributed by atoms with Crippen LogP contribution < -0.4 is 0 Å². The van der Waals surface area contributed by atoms with Crippen LogP contribution in [0.3, 0.4) is 0 Å². The number of rotatable bonds is 1. The molecule has 0 N–H and O–H groups in total. The molecule has 194 valence electrons.